The monoisotopic (exact) mass is 309 g/mol. The molecule has 94 valence electrons. The first-order chi connectivity index (χ1) is 8.56. The van der Waals surface area contributed by atoms with Crippen molar-refractivity contribution in [2.45, 2.75) is 19.3 Å². The van der Waals surface area contributed by atoms with Crippen LogP contribution in [0.2, 0.25) is 0 Å². The third-order valence-electron chi connectivity index (χ3n) is 3.12. The molecule has 0 saturated heterocycles. The standard InChI is InChI=1S/C13H12BrNO3/c14-9-1-2-11(10(7-9)12(16)17)18-8-13(3-4-13)5-6-15/h1-2,7H,3-5,8H2,(H,16,17). The molecule has 0 spiro atoms. The van der Waals surface area contributed by atoms with Gasteiger partial charge in [0.05, 0.1) is 12.7 Å². The van der Waals surface area contributed by atoms with Gasteiger partial charge in [0.2, 0.25) is 0 Å². The number of carboxylic acid groups (broad SMARTS) is 1. The Balaban J connectivity index is 2.10. The first kappa shape index (κ1) is 12.9. The predicted molar refractivity (Wildman–Crippen MR) is 68.5 cm³/mol. The summed E-state index contributed by atoms with van der Waals surface area (Å²) in [5, 5.41) is 17.8. The SMILES string of the molecule is N#CCC1(COc2ccc(Br)cc2C(=O)O)CC1. The molecule has 1 saturated carbocycles. The van der Waals surface area contributed by atoms with Crippen LogP contribution in [0.25, 0.3) is 0 Å². The van der Waals surface area contributed by atoms with Gasteiger partial charge in [-0.2, -0.15) is 5.26 Å². The second-order valence-corrected chi connectivity index (χ2v) is 5.48. The first-order valence-electron chi connectivity index (χ1n) is 5.59. The van der Waals surface area contributed by atoms with Crippen LogP contribution in [0.15, 0.2) is 22.7 Å². The van der Waals surface area contributed by atoms with Crippen molar-refractivity contribution < 1.29 is 14.6 Å². The molecular formula is C13H12BrNO3. The Morgan fingerprint density at radius 1 is 1.56 bits per heavy atom. The molecule has 1 aliphatic rings. The maximum absolute atomic E-state index is 11.1. The number of rotatable bonds is 5. The lowest BCUT2D eigenvalue weighted by Crippen LogP contribution is -2.14. The van der Waals surface area contributed by atoms with E-state index in [0.717, 1.165) is 12.8 Å². The third-order valence-corrected chi connectivity index (χ3v) is 3.61. The summed E-state index contributed by atoms with van der Waals surface area (Å²) in [6.07, 6.45) is 2.41. The minimum atomic E-state index is -1.02. The van der Waals surface area contributed by atoms with E-state index >= 15 is 0 Å². The highest BCUT2D eigenvalue weighted by Gasteiger charge is 2.43. The van der Waals surface area contributed by atoms with E-state index in [2.05, 4.69) is 22.0 Å². The van der Waals surface area contributed by atoms with E-state index in [4.69, 9.17) is 15.1 Å². The second-order valence-electron chi connectivity index (χ2n) is 4.57. The number of aromatic carboxylic acids is 1. The summed E-state index contributed by atoms with van der Waals surface area (Å²) in [5.74, 6) is -0.661. The van der Waals surface area contributed by atoms with Crippen molar-refractivity contribution in [2.75, 3.05) is 6.61 Å². The van der Waals surface area contributed by atoms with Crippen molar-refractivity contribution in [1.29, 1.82) is 5.26 Å². The van der Waals surface area contributed by atoms with Gasteiger partial charge >= 0.3 is 5.97 Å². The maximum atomic E-state index is 11.1. The number of benzene rings is 1. The molecule has 2 rings (SSSR count). The molecule has 1 aliphatic carbocycles. The molecule has 4 nitrogen and oxygen atoms in total. The van der Waals surface area contributed by atoms with Gasteiger partial charge in [-0.15, -0.1) is 0 Å². The molecule has 1 N–H and O–H groups in total. The summed E-state index contributed by atoms with van der Waals surface area (Å²) in [7, 11) is 0. The summed E-state index contributed by atoms with van der Waals surface area (Å²) < 4.78 is 6.28. The molecule has 0 atom stereocenters. The Kier molecular flexibility index (Phi) is 3.58. The van der Waals surface area contributed by atoms with Gasteiger partial charge in [-0.3, -0.25) is 0 Å². The zero-order chi connectivity index (χ0) is 13.2. The molecule has 0 heterocycles. The van der Waals surface area contributed by atoms with Crippen LogP contribution in [-0.2, 0) is 0 Å². The molecule has 0 aromatic heterocycles. The molecule has 5 heteroatoms. The van der Waals surface area contributed by atoms with Gasteiger partial charge in [-0.1, -0.05) is 15.9 Å². The number of nitriles is 1. The van der Waals surface area contributed by atoms with Gasteiger partial charge in [-0.05, 0) is 31.0 Å². The van der Waals surface area contributed by atoms with Gasteiger partial charge in [0, 0.05) is 16.3 Å². The number of halogens is 1. The molecule has 0 aliphatic heterocycles. The normalized spacial score (nSPS) is 15.8. The fourth-order valence-corrected chi connectivity index (χ4v) is 2.10. The lowest BCUT2D eigenvalue weighted by atomic mass is 10.1. The van der Waals surface area contributed by atoms with Crippen LogP contribution in [0.4, 0.5) is 0 Å². The zero-order valence-electron chi connectivity index (χ0n) is 9.65. The second kappa shape index (κ2) is 4.99. The molecule has 0 unspecified atom stereocenters. The first-order valence-corrected chi connectivity index (χ1v) is 6.38. The van der Waals surface area contributed by atoms with Gasteiger partial charge in [0.15, 0.2) is 0 Å². The number of carboxylic acids is 1. The number of hydrogen-bond donors (Lipinski definition) is 1. The Hall–Kier alpha value is -1.54. The minimum absolute atomic E-state index is 0.0579. The van der Waals surface area contributed by atoms with E-state index in [-0.39, 0.29) is 11.0 Å². The molecule has 0 amide bonds. The van der Waals surface area contributed by atoms with Gasteiger partial charge < -0.3 is 9.84 Å². The zero-order valence-corrected chi connectivity index (χ0v) is 11.2. The highest BCUT2D eigenvalue weighted by atomic mass is 79.9. The van der Waals surface area contributed by atoms with E-state index in [1.165, 1.54) is 6.07 Å². The van der Waals surface area contributed by atoms with Crippen molar-refractivity contribution in [3.8, 4) is 11.8 Å². The van der Waals surface area contributed by atoms with E-state index in [1.54, 1.807) is 12.1 Å². The van der Waals surface area contributed by atoms with Gasteiger partial charge in [0.25, 0.3) is 0 Å². The van der Waals surface area contributed by atoms with E-state index in [9.17, 15) is 4.79 Å². The summed E-state index contributed by atoms with van der Waals surface area (Å²) >= 11 is 3.23. The minimum Gasteiger partial charge on any atom is -0.492 e. The summed E-state index contributed by atoms with van der Waals surface area (Å²) in [5.41, 5.74) is 0.0783. The molecule has 1 aromatic rings. The average molecular weight is 310 g/mol. The largest absolute Gasteiger partial charge is 0.492 e. The highest BCUT2D eigenvalue weighted by molar-refractivity contribution is 9.10. The van der Waals surface area contributed by atoms with Crippen molar-refractivity contribution in [3.05, 3.63) is 28.2 Å². The summed E-state index contributed by atoms with van der Waals surface area (Å²) in [4.78, 5) is 11.1. The molecule has 1 aromatic carbocycles. The summed E-state index contributed by atoms with van der Waals surface area (Å²) in [6, 6.07) is 7.04. The van der Waals surface area contributed by atoms with Crippen molar-refractivity contribution in [3.63, 3.8) is 0 Å². The van der Waals surface area contributed by atoms with E-state index in [0.29, 0.717) is 23.2 Å². The molecule has 1 fully saturated rings. The number of nitrogens with zero attached hydrogens (tertiary/aromatic N) is 1. The number of carbonyl (C=O) groups is 1. The van der Waals surface area contributed by atoms with Crippen LogP contribution in [0.1, 0.15) is 29.6 Å². The van der Waals surface area contributed by atoms with Crippen LogP contribution >= 0.6 is 15.9 Å². The molecule has 0 radical (unpaired) electrons. The lowest BCUT2D eigenvalue weighted by Gasteiger charge is -2.14. The average Bonchev–Trinajstić information content (AvgIpc) is 3.08. The molecule has 0 bridgehead atoms. The number of hydrogen-bond acceptors (Lipinski definition) is 3. The van der Waals surface area contributed by atoms with Gasteiger partial charge in [-0.25, -0.2) is 4.79 Å². The number of ether oxygens (including phenoxy) is 1. The lowest BCUT2D eigenvalue weighted by molar-refractivity contribution is 0.0690. The Morgan fingerprint density at radius 2 is 2.28 bits per heavy atom. The highest BCUT2D eigenvalue weighted by Crippen LogP contribution is 2.48. The topological polar surface area (TPSA) is 70.3 Å². The van der Waals surface area contributed by atoms with Crippen LogP contribution in [-0.4, -0.2) is 17.7 Å². The Morgan fingerprint density at radius 3 is 2.83 bits per heavy atom. The van der Waals surface area contributed by atoms with E-state index in [1.807, 2.05) is 0 Å². The Labute approximate surface area is 113 Å². The van der Waals surface area contributed by atoms with Crippen LogP contribution in [0.3, 0.4) is 0 Å². The van der Waals surface area contributed by atoms with Gasteiger partial charge in [0.1, 0.15) is 11.3 Å². The van der Waals surface area contributed by atoms with E-state index < -0.39 is 5.97 Å². The van der Waals surface area contributed by atoms with Crippen molar-refractivity contribution >= 4 is 21.9 Å². The van der Waals surface area contributed by atoms with Crippen molar-refractivity contribution in [1.82, 2.24) is 0 Å². The summed E-state index contributed by atoms with van der Waals surface area (Å²) in [6.45, 7) is 0.405. The molecular weight excluding hydrogens is 298 g/mol. The fourth-order valence-electron chi connectivity index (χ4n) is 1.74. The fraction of sp³-hybridized carbons (Fsp3) is 0.385. The Bertz CT molecular complexity index is 517. The smallest absolute Gasteiger partial charge is 0.339 e. The third kappa shape index (κ3) is 2.82. The predicted octanol–water partition coefficient (Wildman–Crippen LogP) is 3.22. The van der Waals surface area contributed by atoms with Crippen LogP contribution in [0, 0.1) is 16.7 Å². The molecule has 18 heavy (non-hydrogen) atoms. The maximum Gasteiger partial charge on any atom is 0.339 e. The quantitative estimate of drug-likeness (QED) is 0.906. The van der Waals surface area contributed by atoms with Crippen LogP contribution < -0.4 is 4.74 Å². The van der Waals surface area contributed by atoms with Crippen LogP contribution in [0.5, 0.6) is 5.75 Å². The van der Waals surface area contributed by atoms with Crippen molar-refractivity contribution in [2.24, 2.45) is 5.41 Å².